The van der Waals surface area contributed by atoms with Crippen molar-refractivity contribution in [1.29, 1.82) is 0 Å². The molecule has 0 aromatic heterocycles. The summed E-state index contributed by atoms with van der Waals surface area (Å²) in [5.74, 6) is -0.251. The summed E-state index contributed by atoms with van der Waals surface area (Å²) in [6, 6.07) is 6.90. The number of carbonyl (C=O) groups is 2. The number of hydrogen-bond acceptors (Lipinski definition) is 3. The Labute approximate surface area is 166 Å². The standard InChI is InChI=1S/C19H26ClN3O2.ClH/c1-12(2)17(22-18(24)15-5-3-4-6-16(15)20)19(25)23-13-7-8-14(23)11-21-10-9-13;/h3-6,12-14,17,21H,7-11H2,1-2H3,(H,22,24);1H. The van der Waals surface area contributed by atoms with Gasteiger partial charge >= 0.3 is 0 Å². The van der Waals surface area contributed by atoms with Gasteiger partial charge in [-0.3, -0.25) is 9.59 Å². The summed E-state index contributed by atoms with van der Waals surface area (Å²) in [5.41, 5.74) is 0.406. The third-order valence-electron chi connectivity index (χ3n) is 5.25. The maximum Gasteiger partial charge on any atom is 0.253 e. The fourth-order valence-corrected chi connectivity index (χ4v) is 4.10. The number of carbonyl (C=O) groups excluding carboxylic acids is 2. The number of hydrogen-bond donors (Lipinski definition) is 2. The monoisotopic (exact) mass is 399 g/mol. The Hall–Kier alpha value is -1.30. The summed E-state index contributed by atoms with van der Waals surface area (Å²) in [6.07, 6.45) is 3.07. The lowest BCUT2D eigenvalue weighted by atomic mass is 10.0. The van der Waals surface area contributed by atoms with Gasteiger partial charge in [0.2, 0.25) is 5.91 Å². The molecule has 2 heterocycles. The molecule has 2 N–H and O–H groups in total. The van der Waals surface area contributed by atoms with Crippen molar-refractivity contribution in [2.24, 2.45) is 5.92 Å². The van der Waals surface area contributed by atoms with Crippen LogP contribution in [-0.4, -0.2) is 47.9 Å². The summed E-state index contributed by atoms with van der Waals surface area (Å²) in [4.78, 5) is 27.9. The molecule has 7 heteroatoms. The lowest BCUT2D eigenvalue weighted by Gasteiger charge is -2.33. The summed E-state index contributed by atoms with van der Waals surface area (Å²) in [7, 11) is 0. The third-order valence-corrected chi connectivity index (χ3v) is 5.58. The van der Waals surface area contributed by atoms with Crippen LogP contribution in [-0.2, 0) is 4.79 Å². The molecule has 3 rings (SSSR count). The first-order valence-corrected chi connectivity index (χ1v) is 9.45. The fraction of sp³-hybridized carbons (Fsp3) is 0.579. The van der Waals surface area contributed by atoms with E-state index in [0.29, 0.717) is 10.6 Å². The molecule has 1 aromatic rings. The Kier molecular flexibility index (Phi) is 7.33. The van der Waals surface area contributed by atoms with Crippen molar-refractivity contribution in [2.45, 2.75) is 51.2 Å². The molecule has 0 aliphatic carbocycles. The van der Waals surface area contributed by atoms with Crippen LogP contribution in [0.3, 0.4) is 0 Å². The molecule has 2 fully saturated rings. The van der Waals surface area contributed by atoms with E-state index in [1.54, 1.807) is 24.3 Å². The maximum absolute atomic E-state index is 13.3. The largest absolute Gasteiger partial charge is 0.340 e. The molecule has 1 aromatic carbocycles. The third kappa shape index (κ3) is 4.33. The average Bonchev–Trinajstić information content (AvgIpc) is 2.84. The van der Waals surface area contributed by atoms with Gasteiger partial charge in [-0.15, -0.1) is 12.4 Å². The molecule has 3 unspecified atom stereocenters. The number of nitrogens with zero attached hydrogens (tertiary/aromatic N) is 1. The van der Waals surface area contributed by atoms with Gasteiger partial charge in [-0.2, -0.15) is 0 Å². The van der Waals surface area contributed by atoms with E-state index < -0.39 is 6.04 Å². The molecule has 144 valence electrons. The minimum Gasteiger partial charge on any atom is -0.340 e. The molecule has 5 nitrogen and oxygen atoms in total. The van der Waals surface area contributed by atoms with Gasteiger partial charge < -0.3 is 15.5 Å². The van der Waals surface area contributed by atoms with Gasteiger partial charge in [-0.1, -0.05) is 37.6 Å². The minimum absolute atomic E-state index is 0. The number of benzene rings is 1. The first-order valence-electron chi connectivity index (χ1n) is 9.07. The first kappa shape index (κ1) is 21.0. The number of halogens is 2. The SMILES string of the molecule is CC(C)C(NC(=O)c1ccccc1Cl)C(=O)N1C2CCNCC1CC2.Cl. The highest BCUT2D eigenvalue weighted by Gasteiger charge is 2.41. The fourth-order valence-electron chi connectivity index (χ4n) is 3.88. The van der Waals surface area contributed by atoms with Crippen molar-refractivity contribution in [3.05, 3.63) is 34.9 Å². The summed E-state index contributed by atoms with van der Waals surface area (Å²) in [6.45, 7) is 5.72. The second kappa shape index (κ2) is 9.07. The highest BCUT2D eigenvalue weighted by molar-refractivity contribution is 6.33. The van der Waals surface area contributed by atoms with Crippen LogP contribution in [0, 0.1) is 5.92 Å². The minimum atomic E-state index is -0.537. The molecule has 0 spiro atoms. The van der Waals surface area contributed by atoms with Crippen molar-refractivity contribution in [1.82, 2.24) is 15.5 Å². The molecule has 26 heavy (non-hydrogen) atoms. The summed E-state index contributed by atoms with van der Waals surface area (Å²) < 4.78 is 0. The Morgan fingerprint density at radius 2 is 1.88 bits per heavy atom. The van der Waals surface area contributed by atoms with Crippen LogP contribution < -0.4 is 10.6 Å². The van der Waals surface area contributed by atoms with E-state index in [1.807, 2.05) is 18.7 Å². The zero-order valence-electron chi connectivity index (χ0n) is 15.2. The van der Waals surface area contributed by atoms with Crippen LogP contribution in [0.4, 0.5) is 0 Å². The topological polar surface area (TPSA) is 61.4 Å². The molecule has 2 amide bonds. The van der Waals surface area contributed by atoms with E-state index in [1.165, 1.54) is 0 Å². The quantitative estimate of drug-likeness (QED) is 0.817. The van der Waals surface area contributed by atoms with Gasteiger partial charge in [0.15, 0.2) is 0 Å². The van der Waals surface area contributed by atoms with Gasteiger partial charge in [0.1, 0.15) is 6.04 Å². The second-order valence-corrected chi connectivity index (χ2v) is 7.71. The Morgan fingerprint density at radius 3 is 2.58 bits per heavy atom. The Morgan fingerprint density at radius 1 is 1.19 bits per heavy atom. The van der Waals surface area contributed by atoms with Crippen molar-refractivity contribution < 1.29 is 9.59 Å². The number of fused-ring (bicyclic) bond motifs is 2. The molecule has 0 radical (unpaired) electrons. The zero-order valence-corrected chi connectivity index (χ0v) is 16.8. The zero-order chi connectivity index (χ0) is 18.0. The lowest BCUT2D eigenvalue weighted by Crippen LogP contribution is -2.55. The molecule has 0 saturated carbocycles. The molecular formula is C19H27Cl2N3O2. The van der Waals surface area contributed by atoms with Crippen LogP contribution >= 0.6 is 24.0 Å². The normalized spacial score (nSPS) is 23.2. The molecule has 2 saturated heterocycles. The Bertz CT molecular complexity index is 639. The van der Waals surface area contributed by atoms with Gasteiger partial charge in [0.05, 0.1) is 10.6 Å². The highest BCUT2D eigenvalue weighted by atomic mass is 35.5. The van der Waals surface area contributed by atoms with Crippen molar-refractivity contribution in [3.63, 3.8) is 0 Å². The molecular weight excluding hydrogens is 373 g/mol. The van der Waals surface area contributed by atoms with E-state index in [2.05, 4.69) is 10.6 Å². The summed E-state index contributed by atoms with van der Waals surface area (Å²) >= 11 is 6.12. The maximum atomic E-state index is 13.3. The smallest absolute Gasteiger partial charge is 0.253 e. The van der Waals surface area contributed by atoms with Crippen molar-refractivity contribution in [3.8, 4) is 0 Å². The van der Waals surface area contributed by atoms with Crippen LogP contribution in [0.5, 0.6) is 0 Å². The lowest BCUT2D eigenvalue weighted by molar-refractivity contribution is -0.137. The van der Waals surface area contributed by atoms with E-state index in [-0.39, 0.29) is 42.2 Å². The predicted octanol–water partition coefficient (Wildman–Crippen LogP) is 2.87. The molecule has 3 atom stereocenters. The van der Waals surface area contributed by atoms with Crippen molar-refractivity contribution in [2.75, 3.05) is 13.1 Å². The number of rotatable bonds is 4. The number of nitrogens with one attached hydrogen (secondary N) is 2. The van der Waals surface area contributed by atoms with E-state index in [0.717, 1.165) is 32.4 Å². The van der Waals surface area contributed by atoms with E-state index in [4.69, 9.17) is 11.6 Å². The van der Waals surface area contributed by atoms with E-state index in [9.17, 15) is 9.59 Å². The predicted molar refractivity (Wildman–Crippen MR) is 106 cm³/mol. The number of amides is 2. The Balaban J connectivity index is 0.00000243. The average molecular weight is 400 g/mol. The van der Waals surface area contributed by atoms with Crippen LogP contribution in [0.15, 0.2) is 24.3 Å². The second-order valence-electron chi connectivity index (χ2n) is 7.30. The van der Waals surface area contributed by atoms with Crippen molar-refractivity contribution >= 4 is 35.8 Å². The van der Waals surface area contributed by atoms with Gasteiger partial charge in [0, 0.05) is 18.6 Å². The molecule has 2 aliphatic heterocycles. The first-order chi connectivity index (χ1) is 12.0. The highest BCUT2D eigenvalue weighted by Crippen LogP contribution is 2.29. The van der Waals surface area contributed by atoms with Gasteiger partial charge in [-0.25, -0.2) is 0 Å². The molecule has 2 aliphatic rings. The van der Waals surface area contributed by atoms with Crippen LogP contribution in [0.1, 0.15) is 43.5 Å². The van der Waals surface area contributed by atoms with Gasteiger partial charge in [-0.05, 0) is 43.9 Å². The van der Waals surface area contributed by atoms with Crippen LogP contribution in [0.2, 0.25) is 5.02 Å². The van der Waals surface area contributed by atoms with E-state index >= 15 is 0 Å². The van der Waals surface area contributed by atoms with Crippen LogP contribution in [0.25, 0.3) is 0 Å². The molecule has 2 bridgehead atoms. The van der Waals surface area contributed by atoms with Gasteiger partial charge in [0.25, 0.3) is 5.91 Å². The summed E-state index contributed by atoms with van der Waals surface area (Å²) in [5, 5.41) is 6.73.